The predicted octanol–water partition coefficient (Wildman–Crippen LogP) is 3.70. The summed E-state index contributed by atoms with van der Waals surface area (Å²) in [6.07, 6.45) is 1.85. The Morgan fingerprint density at radius 1 is 1.20 bits per heavy atom. The van der Waals surface area contributed by atoms with Gasteiger partial charge in [-0.1, -0.05) is 31.2 Å². The first kappa shape index (κ1) is 14.9. The van der Waals surface area contributed by atoms with E-state index in [1.807, 2.05) is 12.3 Å². The number of fused-ring (bicyclic) bond motifs is 1. The molecule has 0 bridgehead atoms. The summed E-state index contributed by atoms with van der Waals surface area (Å²) < 4.78 is 5.96. The van der Waals surface area contributed by atoms with E-state index in [0.29, 0.717) is 6.61 Å². The molecule has 0 aliphatic heterocycles. The number of rotatable bonds is 5. The van der Waals surface area contributed by atoms with Crippen LogP contribution in [-0.2, 0) is 4.74 Å². The summed E-state index contributed by atoms with van der Waals surface area (Å²) in [6.45, 7) is 9.91. The summed E-state index contributed by atoms with van der Waals surface area (Å²) in [4.78, 5) is 4.53. The van der Waals surface area contributed by atoms with Gasteiger partial charge in [0.2, 0.25) is 0 Å². The largest absolute Gasteiger partial charge is 0.374 e. The molecule has 0 fully saturated rings. The Balaban J connectivity index is 2.31. The Morgan fingerprint density at radius 2 is 1.95 bits per heavy atom. The summed E-state index contributed by atoms with van der Waals surface area (Å²) in [5.41, 5.74) is 2.12. The van der Waals surface area contributed by atoms with Crippen molar-refractivity contribution >= 4 is 10.9 Å². The maximum Gasteiger partial charge on any atom is 0.0750 e. The molecule has 0 radical (unpaired) electrons. The van der Waals surface area contributed by atoms with Crippen molar-refractivity contribution in [3.05, 3.63) is 42.1 Å². The third-order valence-corrected chi connectivity index (χ3v) is 3.17. The van der Waals surface area contributed by atoms with Crippen molar-refractivity contribution in [2.45, 2.75) is 39.3 Å². The van der Waals surface area contributed by atoms with Gasteiger partial charge in [0.25, 0.3) is 0 Å². The van der Waals surface area contributed by atoms with Gasteiger partial charge in [-0.3, -0.25) is 4.98 Å². The van der Waals surface area contributed by atoms with E-state index in [-0.39, 0.29) is 11.6 Å². The quantitative estimate of drug-likeness (QED) is 0.901. The topological polar surface area (TPSA) is 34.1 Å². The zero-order chi connectivity index (χ0) is 14.6. The summed E-state index contributed by atoms with van der Waals surface area (Å²) >= 11 is 0. The van der Waals surface area contributed by atoms with E-state index < -0.39 is 0 Å². The molecule has 1 unspecified atom stereocenters. The normalized spacial score (nSPS) is 13.6. The van der Waals surface area contributed by atoms with Crippen LogP contribution in [0.1, 0.15) is 39.3 Å². The van der Waals surface area contributed by atoms with Gasteiger partial charge in [-0.05, 0) is 38.9 Å². The van der Waals surface area contributed by atoms with Crippen LogP contribution in [0.4, 0.5) is 0 Å². The van der Waals surface area contributed by atoms with Crippen LogP contribution in [0.25, 0.3) is 10.9 Å². The first-order chi connectivity index (χ1) is 9.51. The Hall–Kier alpha value is -1.45. The highest BCUT2D eigenvalue weighted by atomic mass is 16.5. The Bertz CT molecular complexity index is 555. The molecule has 0 spiro atoms. The molecule has 2 aromatic rings. The molecule has 0 saturated heterocycles. The van der Waals surface area contributed by atoms with Gasteiger partial charge in [0.1, 0.15) is 0 Å². The lowest BCUT2D eigenvalue weighted by atomic mass is 10.0. The summed E-state index contributed by atoms with van der Waals surface area (Å²) in [5.74, 6) is 0. The monoisotopic (exact) mass is 272 g/mol. The van der Waals surface area contributed by atoms with Crippen LogP contribution in [0.2, 0.25) is 0 Å². The predicted molar refractivity (Wildman–Crippen MR) is 83.9 cm³/mol. The van der Waals surface area contributed by atoms with E-state index >= 15 is 0 Å². The van der Waals surface area contributed by atoms with Gasteiger partial charge in [0.05, 0.1) is 23.8 Å². The highest BCUT2D eigenvalue weighted by Gasteiger charge is 2.18. The van der Waals surface area contributed by atoms with Crippen molar-refractivity contribution in [3.63, 3.8) is 0 Å². The maximum absolute atomic E-state index is 5.96. The lowest BCUT2D eigenvalue weighted by molar-refractivity contribution is -0.0144. The van der Waals surface area contributed by atoms with Crippen LogP contribution in [0.3, 0.4) is 0 Å². The highest BCUT2D eigenvalue weighted by Crippen LogP contribution is 2.24. The number of pyridine rings is 1. The molecule has 1 atom stereocenters. The first-order valence-electron chi connectivity index (χ1n) is 7.22. The molecule has 0 aliphatic carbocycles. The van der Waals surface area contributed by atoms with Gasteiger partial charge in [-0.25, -0.2) is 0 Å². The Labute approximate surface area is 121 Å². The Kier molecular flexibility index (Phi) is 4.73. The number of benzene rings is 1. The third-order valence-electron chi connectivity index (χ3n) is 3.17. The van der Waals surface area contributed by atoms with Gasteiger partial charge in [0, 0.05) is 11.6 Å². The van der Waals surface area contributed by atoms with E-state index in [1.165, 1.54) is 10.9 Å². The molecular formula is C17H24N2O. The fourth-order valence-corrected chi connectivity index (χ4v) is 2.25. The fraction of sp³-hybridized carbons (Fsp3) is 0.471. The second-order valence-corrected chi connectivity index (χ2v) is 5.96. The van der Waals surface area contributed by atoms with Crippen LogP contribution in [0.15, 0.2) is 36.5 Å². The molecule has 3 heteroatoms. The van der Waals surface area contributed by atoms with Gasteiger partial charge >= 0.3 is 0 Å². The minimum Gasteiger partial charge on any atom is -0.374 e. The summed E-state index contributed by atoms with van der Waals surface area (Å²) in [6, 6.07) is 10.5. The number of para-hydroxylation sites is 1. The molecule has 0 aliphatic rings. The lowest BCUT2D eigenvalue weighted by Gasteiger charge is -2.25. The van der Waals surface area contributed by atoms with Crippen LogP contribution >= 0.6 is 0 Å². The molecular weight excluding hydrogens is 248 g/mol. The van der Waals surface area contributed by atoms with E-state index in [4.69, 9.17) is 4.74 Å². The number of nitrogens with one attached hydrogen (secondary N) is 1. The van der Waals surface area contributed by atoms with Crippen LogP contribution in [0, 0.1) is 0 Å². The number of ether oxygens (including phenoxy) is 1. The van der Waals surface area contributed by atoms with Gasteiger partial charge in [-0.2, -0.15) is 0 Å². The van der Waals surface area contributed by atoms with Crippen LogP contribution < -0.4 is 5.32 Å². The minimum atomic E-state index is -0.133. The van der Waals surface area contributed by atoms with Gasteiger partial charge < -0.3 is 10.1 Å². The van der Waals surface area contributed by atoms with E-state index in [2.05, 4.69) is 62.3 Å². The first-order valence-corrected chi connectivity index (χ1v) is 7.22. The molecule has 0 amide bonds. The van der Waals surface area contributed by atoms with Crippen molar-refractivity contribution in [2.75, 3.05) is 13.2 Å². The van der Waals surface area contributed by atoms with E-state index in [1.54, 1.807) is 0 Å². The molecule has 1 aromatic heterocycles. The zero-order valence-electron chi connectivity index (χ0n) is 12.8. The molecule has 1 N–H and O–H groups in total. The van der Waals surface area contributed by atoms with Crippen molar-refractivity contribution < 1.29 is 4.74 Å². The number of nitrogens with zero attached hydrogens (tertiary/aromatic N) is 1. The molecule has 108 valence electrons. The van der Waals surface area contributed by atoms with E-state index in [0.717, 1.165) is 12.1 Å². The average Bonchev–Trinajstić information content (AvgIpc) is 2.42. The van der Waals surface area contributed by atoms with Gasteiger partial charge in [0.15, 0.2) is 0 Å². The Morgan fingerprint density at radius 3 is 2.65 bits per heavy atom. The summed E-state index contributed by atoms with van der Waals surface area (Å²) in [5, 5.41) is 4.67. The van der Waals surface area contributed by atoms with Crippen molar-refractivity contribution in [2.24, 2.45) is 0 Å². The lowest BCUT2D eigenvalue weighted by Crippen LogP contribution is -2.30. The average molecular weight is 272 g/mol. The maximum atomic E-state index is 5.96. The molecule has 1 heterocycles. The molecule has 2 rings (SSSR count). The van der Waals surface area contributed by atoms with E-state index in [9.17, 15) is 0 Å². The van der Waals surface area contributed by atoms with Crippen LogP contribution in [0.5, 0.6) is 0 Å². The number of hydrogen-bond donors (Lipinski definition) is 1. The minimum absolute atomic E-state index is 0.133. The number of hydrogen-bond acceptors (Lipinski definition) is 3. The third kappa shape index (κ3) is 3.78. The number of likely N-dealkylation sites (N-methyl/N-ethyl adjacent to an activating group) is 1. The highest BCUT2D eigenvalue weighted by molar-refractivity contribution is 5.82. The molecule has 20 heavy (non-hydrogen) atoms. The second kappa shape index (κ2) is 6.33. The van der Waals surface area contributed by atoms with Gasteiger partial charge in [-0.15, -0.1) is 0 Å². The molecule has 1 aromatic carbocycles. The fourth-order valence-electron chi connectivity index (χ4n) is 2.25. The molecule has 3 nitrogen and oxygen atoms in total. The number of aromatic nitrogens is 1. The van der Waals surface area contributed by atoms with Crippen LogP contribution in [-0.4, -0.2) is 23.7 Å². The smallest absolute Gasteiger partial charge is 0.0750 e. The van der Waals surface area contributed by atoms with Crippen molar-refractivity contribution in [1.82, 2.24) is 10.3 Å². The molecule has 0 saturated carbocycles. The standard InChI is InChI=1S/C17H24N2O/c1-5-18-15(12-20-17(2,3)4)14-10-6-8-13-9-7-11-19-16(13)14/h6-11,15,18H,5,12H2,1-4H3. The summed E-state index contributed by atoms with van der Waals surface area (Å²) in [7, 11) is 0. The van der Waals surface area contributed by atoms with Crippen molar-refractivity contribution in [3.8, 4) is 0 Å². The zero-order valence-corrected chi connectivity index (χ0v) is 12.8. The SMILES string of the molecule is CCNC(COC(C)(C)C)c1cccc2cccnc12. The second-order valence-electron chi connectivity index (χ2n) is 5.96. The van der Waals surface area contributed by atoms with Crippen molar-refractivity contribution in [1.29, 1.82) is 0 Å².